The Morgan fingerprint density at radius 2 is 1.87 bits per heavy atom. The van der Waals surface area contributed by atoms with Crippen molar-refractivity contribution in [2.45, 2.75) is 26.3 Å². The largest absolute Gasteiger partial charge is 0.396 e. The van der Waals surface area contributed by atoms with Gasteiger partial charge in [-0.2, -0.15) is 0 Å². The molecule has 0 aliphatic rings. The summed E-state index contributed by atoms with van der Waals surface area (Å²) in [5.41, 5.74) is 3.93. The highest BCUT2D eigenvalue weighted by Crippen LogP contribution is 2.23. The first kappa shape index (κ1) is 12.2. The fourth-order valence-corrected chi connectivity index (χ4v) is 1.82. The number of aliphatic hydroxyl groups excluding tert-OH is 1. The van der Waals surface area contributed by atoms with E-state index in [4.69, 9.17) is 5.11 Å². The normalized spacial score (nSPS) is 13.2. The van der Waals surface area contributed by atoms with Gasteiger partial charge in [-0.3, -0.25) is 0 Å². The molecule has 1 rings (SSSR count). The van der Waals surface area contributed by atoms with Crippen molar-refractivity contribution in [3.05, 3.63) is 34.9 Å². The van der Waals surface area contributed by atoms with E-state index in [-0.39, 0.29) is 6.61 Å². The lowest BCUT2D eigenvalue weighted by molar-refractivity contribution is 0.211. The second-order valence-corrected chi connectivity index (χ2v) is 4.34. The number of hydrogen-bond acceptors (Lipinski definition) is 2. The van der Waals surface area contributed by atoms with Gasteiger partial charge in [-0.05, 0) is 51.1 Å². The third-order valence-corrected chi connectivity index (χ3v) is 2.94. The fraction of sp³-hybridized carbons (Fsp3) is 0.538. The topological polar surface area (TPSA) is 23.5 Å². The Kier molecular flexibility index (Phi) is 4.30. The molecule has 1 N–H and O–H groups in total. The maximum absolute atomic E-state index is 9.04. The van der Waals surface area contributed by atoms with Crippen LogP contribution in [-0.2, 0) is 0 Å². The van der Waals surface area contributed by atoms with Crippen molar-refractivity contribution in [3.63, 3.8) is 0 Å². The molecule has 0 bridgehead atoms. The summed E-state index contributed by atoms with van der Waals surface area (Å²) in [5, 5.41) is 9.04. The standard InChI is InChI=1S/C13H21NO/c1-10-5-6-12(9-11(10)2)13(7-8-15)14(3)4/h5-6,9,13,15H,7-8H2,1-4H3. The molecule has 1 aromatic carbocycles. The summed E-state index contributed by atoms with van der Waals surface area (Å²) < 4.78 is 0. The van der Waals surface area contributed by atoms with E-state index in [1.165, 1.54) is 16.7 Å². The molecule has 1 unspecified atom stereocenters. The Morgan fingerprint density at radius 3 is 2.33 bits per heavy atom. The molecular weight excluding hydrogens is 186 g/mol. The van der Waals surface area contributed by atoms with Gasteiger partial charge in [0.25, 0.3) is 0 Å². The summed E-state index contributed by atoms with van der Waals surface area (Å²) in [4.78, 5) is 2.15. The first-order chi connectivity index (χ1) is 7.06. The van der Waals surface area contributed by atoms with Gasteiger partial charge in [-0.15, -0.1) is 0 Å². The van der Waals surface area contributed by atoms with Crippen LogP contribution in [0.1, 0.15) is 29.2 Å². The van der Waals surface area contributed by atoms with Gasteiger partial charge in [-0.25, -0.2) is 0 Å². The molecule has 84 valence electrons. The molecule has 1 aromatic rings. The van der Waals surface area contributed by atoms with Gasteiger partial charge in [0, 0.05) is 12.6 Å². The molecule has 15 heavy (non-hydrogen) atoms. The number of aryl methyl sites for hydroxylation is 2. The molecule has 0 fully saturated rings. The molecule has 0 aliphatic heterocycles. The van der Waals surface area contributed by atoms with Crippen LogP contribution in [0.4, 0.5) is 0 Å². The number of nitrogens with zero attached hydrogens (tertiary/aromatic N) is 1. The highest BCUT2D eigenvalue weighted by Gasteiger charge is 2.13. The summed E-state index contributed by atoms with van der Waals surface area (Å²) in [5.74, 6) is 0. The van der Waals surface area contributed by atoms with E-state index < -0.39 is 0 Å². The van der Waals surface area contributed by atoms with Crippen LogP contribution in [0.3, 0.4) is 0 Å². The first-order valence-corrected chi connectivity index (χ1v) is 5.40. The van der Waals surface area contributed by atoms with Crippen molar-refractivity contribution in [2.24, 2.45) is 0 Å². The summed E-state index contributed by atoms with van der Waals surface area (Å²) in [7, 11) is 4.10. The van der Waals surface area contributed by atoms with Crippen LogP contribution in [0.5, 0.6) is 0 Å². The number of rotatable bonds is 4. The molecule has 0 spiro atoms. The molecule has 0 aromatic heterocycles. The summed E-state index contributed by atoms with van der Waals surface area (Å²) >= 11 is 0. The van der Waals surface area contributed by atoms with Crippen molar-refractivity contribution >= 4 is 0 Å². The second kappa shape index (κ2) is 5.29. The van der Waals surface area contributed by atoms with Crippen molar-refractivity contribution in [2.75, 3.05) is 20.7 Å². The van der Waals surface area contributed by atoms with Gasteiger partial charge in [-0.1, -0.05) is 18.2 Å². The van der Waals surface area contributed by atoms with Gasteiger partial charge < -0.3 is 10.0 Å². The monoisotopic (exact) mass is 207 g/mol. The minimum atomic E-state index is 0.232. The maximum atomic E-state index is 9.04. The van der Waals surface area contributed by atoms with Crippen LogP contribution in [0.2, 0.25) is 0 Å². The van der Waals surface area contributed by atoms with E-state index in [9.17, 15) is 0 Å². The minimum Gasteiger partial charge on any atom is -0.396 e. The van der Waals surface area contributed by atoms with Gasteiger partial charge in [0.2, 0.25) is 0 Å². The predicted octanol–water partition coefficient (Wildman–Crippen LogP) is 2.29. The lowest BCUT2D eigenvalue weighted by atomic mass is 9.98. The molecule has 1 atom stereocenters. The zero-order valence-corrected chi connectivity index (χ0v) is 10.1. The average molecular weight is 207 g/mol. The summed E-state index contributed by atoms with van der Waals surface area (Å²) in [6, 6.07) is 6.84. The second-order valence-electron chi connectivity index (χ2n) is 4.34. The van der Waals surface area contributed by atoms with Crippen LogP contribution in [0.15, 0.2) is 18.2 Å². The van der Waals surface area contributed by atoms with E-state index in [0.717, 1.165) is 6.42 Å². The highest BCUT2D eigenvalue weighted by molar-refractivity contribution is 5.31. The van der Waals surface area contributed by atoms with Gasteiger partial charge in [0.15, 0.2) is 0 Å². The highest BCUT2D eigenvalue weighted by atomic mass is 16.3. The van der Waals surface area contributed by atoms with E-state index >= 15 is 0 Å². The molecular formula is C13H21NO. The van der Waals surface area contributed by atoms with Crippen LogP contribution < -0.4 is 0 Å². The summed E-state index contributed by atoms with van der Waals surface area (Å²) in [6.07, 6.45) is 0.787. The average Bonchev–Trinajstić information content (AvgIpc) is 2.18. The smallest absolute Gasteiger partial charge is 0.0449 e. The SMILES string of the molecule is Cc1ccc(C(CCO)N(C)C)cc1C. The lowest BCUT2D eigenvalue weighted by Crippen LogP contribution is -2.21. The van der Waals surface area contributed by atoms with Crippen molar-refractivity contribution in [1.82, 2.24) is 4.90 Å². The molecule has 2 nitrogen and oxygen atoms in total. The van der Waals surface area contributed by atoms with Crippen LogP contribution >= 0.6 is 0 Å². The zero-order valence-electron chi connectivity index (χ0n) is 10.1. The van der Waals surface area contributed by atoms with Gasteiger partial charge >= 0.3 is 0 Å². The maximum Gasteiger partial charge on any atom is 0.0449 e. The Balaban J connectivity index is 2.95. The van der Waals surface area contributed by atoms with Crippen LogP contribution in [-0.4, -0.2) is 30.7 Å². The number of hydrogen-bond donors (Lipinski definition) is 1. The van der Waals surface area contributed by atoms with E-state index in [1.54, 1.807) is 0 Å². The van der Waals surface area contributed by atoms with E-state index in [1.807, 2.05) is 0 Å². The molecule has 0 saturated carbocycles. The van der Waals surface area contributed by atoms with E-state index in [2.05, 4.69) is 51.0 Å². The number of aliphatic hydroxyl groups is 1. The first-order valence-electron chi connectivity index (χ1n) is 5.40. The molecule has 0 heterocycles. The molecule has 0 amide bonds. The molecule has 2 heteroatoms. The summed E-state index contributed by atoms with van der Waals surface area (Å²) in [6.45, 7) is 4.48. The van der Waals surface area contributed by atoms with Crippen molar-refractivity contribution in [3.8, 4) is 0 Å². The Morgan fingerprint density at radius 1 is 1.20 bits per heavy atom. The third kappa shape index (κ3) is 3.05. The van der Waals surface area contributed by atoms with Crippen molar-refractivity contribution < 1.29 is 5.11 Å². The third-order valence-electron chi connectivity index (χ3n) is 2.94. The van der Waals surface area contributed by atoms with Gasteiger partial charge in [0.05, 0.1) is 0 Å². The Labute approximate surface area is 92.5 Å². The fourth-order valence-electron chi connectivity index (χ4n) is 1.82. The zero-order chi connectivity index (χ0) is 11.4. The predicted molar refractivity (Wildman–Crippen MR) is 64.0 cm³/mol. The van der Waals surface area contributed by atoms with Crippen LogP contribution in [0.25, 0.3) is 0 Å². The van der Waals surface area contributed by atoms with E-state index in [0.29, 0.717) is 6.04 Å². The number of benzene rings is 1. The Bertz CT molecular complexity index is 320. The Hall–Kier alpha value is -0.860. The van der Waals surface area contributed by atoms with Crippen LogP contribution in [0, 0.1) is 13.8 Å². The molecule has 0 radical (unpaired) electrons. The van der Waals surface area contributed by atoms with Gasteiger partial charge in [0.1, 0.15) is 0 Å². The lowest BCUT2D eigenvalue weighted by Gasteiger charge is -2.24. The molecule has 0 saturated heterocycles. The van der Waals surface area contributed by atoms with Crippen molar-refractivity contribution in [1.29, 1.82) is 0 Å². The quantitative estimate of drug-likeness (QED) is 0.819. The minimum absolute atomic E-state index is 0.232. The molecule has 0 aliphatic carbocycles.